The van der Waals surface area contributed by atoms with Crippen molar-refractivity contribution in [2.24, 2.45) is 0 Å². The van der Waals surface area contributed by atoms with E-state index in [9.17, 15) is 4.79 Å². The first-order valence-corrected chi connectivity index (χ1v) is 10.1. The summed E-state index contributed by atoms with van der Waals surface area (Å²) in [4.78, 5) is 15.0. The second kappa shape index (κ2) is 9.09. The average molecular weight is 435 g/mol. The molecule has 1 fully saturated rings. The molecule has 0 unspecified atom stereocenters. The Morgan fingerprint density at radius 2 is 1.34 bits per heavy atom. The molecular formula is C25H25NO6. The highest BCUT2D eigenvalue weighted by Crippen LogP contribution is 2.47. The maximum absolute atomic E-state index is 13.3. The van der Waals surface area contributed by atoms with Gasteiger partial charge >= 0.3 is 0 Å². The van der Waals surface area contributed by atoms with Gasteiger partial charge in [-0.25, -0.2) is 0 Å². The molecule has 1 aliphatic heterocycles. The highest BCUT2D eigenvalue weighted by atomic mass is 16.5. The molecule has 0 aliphatic carbocycles. The summed E-state index contributed by atoms with van der Waals surface area (Å²) in [6, 6.07) is 20.1. The molecule has 0 radical (unpaired) electrons. The standard InChI is InChI=1S/C25H25NO6/c1-28-18-12-10-16(11-13-18)22-24(32-19-8-6-5-7-9-19)25(27)26(22)17-14-20(29-2)23(31-4)21(15-17)30-3/h5-15,22,24H,1-4H3/t22-,24+/m1/s1. The van der Waals surface area contributed by atoms with Gasteiger partial charge in [0.2, 0.25) is 11.9 Å². The molecule has 3 aromatic carbocycles. The Labute approximate surface area is 187 Å². The van der Waals surface area contributed by atoms with Crippen molar-refractivity contribution in [3.63, 3.8) is 0 Å². The lowest BCUT2D eigenvalue weighted by Crippen LogP contribution is -2.61. The Morgan fingerprint density at radius 1 is 0.719 bits per heavy atom. The number of hydrogen-bond donors (Lipinski definition) is 0. The number of β-lactam (4-membered cyclic amide) rings is 1. The van der Waals surface area contributed by atoms with E-state index in [1.54, 1.807) is 45.5 Å². The zero-order valence-electron chi connectivity index (χ0n) is 18.4. The van der Waals surface area contributed by atoms with Crippen LogP contribution in [0.15, 0.2) is 66.7 Å². The van der Waals surface area contributed by atoms with E-state index in [-0.39, 0.29) is 11.9 Å². The number of carbonyl (C=O) groups is 1. The largest absolute Gasteiger partial charge is 0.497 e. The van der Waals surface area contributed by atoms with Crippen molar-refractivity contribution in [3.8, 4) is 28.7 Å². The number of carbonyl (C=O) groups excluding carboxylic acids is 1. The predicted octanol–water partition coefficient (Wildman–Crippen LogP) is 4.26. The zero-order chi connectivity index (χ0) is 22.7. The Kier molecular flexibility index (Phi) is 6.07. The van der Waals surface area contributed by atoms with Crippen LogP contribution < -0.4 is 28.6 Å². The van der Waals surface area contributed by atoms with E-state index in [2.05, 4.69) is 0 Å². The van der Waals surface area contributed by atoms with Crippen LogP contribution in [0.5, 0.6) is 28.7 Å². The number of nitrogens with zero attached hydrogens (tertiary/aromatic N) is 1. The Balaban J connectivity index is 1.75. The second-order valence-corrected chi connectivity index (χ2v) is 7.16. The second-order valence-electron chi connectivity index (χ2n) is 7.16. The van der Waals surface area contributed by atoms with Gasteiger partial charge in [-0.05, 0) is 29.8 Å². The number of benzene rings is 3. The van der Waals surface area contributed by atoms with E-state index in [4.69, 9.17) is 23.7 Å². The molecular weight excluding hydrogens is 410 g/mol. The molecule has 1 heterocycles. The normalized spacial score (nSPS) is 17.4. The molecule has 2 atom stereocenters. The van der Waals surface area contributed by atoms with Crippen LogP contribution in [0.2, 0.25) is 0 Å². The van der Waals surface area contributed by atoms with E-state index in [0.717, 1.165) is 11.3 Å². The molecule has 0 saturated carbocycles. The van der Waals surface area contributed by atoms with Crippen molar-refractivity contribution >= 4 is 11.6 Å². The van der Waals surface area contributed by atoms with Gasteiger partial charge in [-0.3, -0.25) is 9.69 Å². The number of para-hydroxylation sites is 1. The van der Waals surface area contributed by atoms with Crippen molar-refractivity contribution < 1.29 is 28.5 Å². The highest BCUT2D eigenvalue weighted by molar-refractivity contribution is 6.05. The molecule has 0 bridgehead atoms. The van der Waals surface area contributed by atoms with E-state index in [1.807, 2.05) is 54.6 Å². The van der Waals surface area contributed by atoms with Gasteiger partial charge < -0.3 is 23.7 Å². The maximum atomic E-state index is 13.3. The third kappa shape index (κ3) is 3.77. The zero-order valence-corrected chi connectivity index (χ0v) is 18.4. The van der Waals surface area contributed by atoms with Gasteiger partial charge in [-0.15, -0.1) is 0 Å². The molecule has 1 saturated heterocycles. The predicted molar refractivity (Wildman–Crippen MR) is 120 cm³/mol. The van der Waals surface area contributed by atoms with E-state index in [1.165, 1.54) is 0 Å². The van der Waals surface area contributed by atoms with Crippen LogP contribution in [0.4, 0.5) is 5.69 Å². The molecule has 0 aromatic heterocycles. The summed E-state index contributed by atoms with van der Waals surface area (Å²) in [5.41, 5.74) is 1.54. The van der Waals surface area contributed by atoms with Crippen LogP contribution in [0, 0.1) is 0 Å². The van der Waals surface area contributed by atoms with Gasteiger partial charge in [-0.2, -0.15) is 0 Å². The van der Waals surface area contributed by atoms with Gasteiger partial charge in [0.15, 0.2) is 11.5 Å². The molecule has 1 aliphatic rings. The molecule has 0 spiro atoms. The van der Waals surface area contributed by atoms with Crippen molar-refractivity contribution in [1.82, 2.24) is 0 Å². The van der Waals surface area contributed by atoms with Crippen molar-refractivity contribution in [3.05, 3.63) is 72.3 Å². The molecule has 32 heavy (non-hydrogen) atoms. The first-order valence-electron chi connectivity index (χ1n) is 10.1. The lowest BCUT2D eigenvalue weighted by Gasteiger charge is -2.46. The first-order chi connectivity index (χ1) is 15.6. The van der Waals surface area contributed by atoms with E-state index >= 15 is 0 Å². The van der Waals surface area contributed by atoms with E-state index in [0.29, 0.717) is 28.7 Å². The molecule has 166 valence electrons. The minimum absolute atomic E-state index is 0.163. The summed E-state index contributed by atoms with van der Waals surface area (Å²) < 4.78 is 27.7. The SMILES string of the molecule is COc1ccc([C@@H]2[C@H](Oc3ccccc3)C(=O)N2c2cc(OC)c(OC)c(OC)c2)cc1. The van der Waals surface area contributed by atoms with Crippen molar-refractivity contribution in [2.45, 2.75) is 12.1 Å². The lowest BCUT2D eigenvalue weighted by molar-refractivity contribution is -0.135. The number of methoxy groups -OCH3 is 4. The van der Waals surface area contributed by atoms with Gasteiger partial charge in [0.25, 0.3) is 5.91 Å². The minimum Gasteiger partial charge on any atom is -0.497 e. The van der Waals surface area contributed by atoms with Gasteiger partial charge in [0.05, 0.1) is 34.1 Å². The molecule has 1 amide bonds. The van der Waals surface area contributed by atoms with Crippen LogP contribution in [0.3, 0.4) is 0 Å². The topological polar surface area (TPSA) is 66.5 Å². The highest BCUT2D eigenvalue weighted by Gasteiger charge is 2.51. The molecule has 3 aromatic rings. The summed E-state index contributed by atoms with van der Waals surface area (Å²) in [5.74, 6) is 2.60. The Morgan fingerprint density at radius 3 is 1.88 bits per heavy atom. The van der Waals surface area contributed by atoms with Crippen molar-refractivity contribution in [2.75, 3.05) is 33.3 Å². The summed E-state index contributed by atoms with van der Waals surface area (Å²) in [6.07, 6.45) is -0.676. The van der Waals surface area contributed by atoms with Crippen molar-refractivity contribution in [1.29, 1.82) is 0 Å². The number of amides is 1. The number of ether oxygens (including phenoxy) is 5. The van der Waals surface area contributed by atoms with E-state index < -0.39 is 6.10 Å². The number of hydrogen-bond acceptors (Lipinski definition) is 6. The molecule has 4 rings (SSSR count). The quantitative estimate of drug-likeness (QED) is 0.493. The lowest BCUT2D eigenvalue weighted by atomic mass is 9.89. The van der Waals surface area contributed by atoms with Gasteiger partial charge in [0.1, 0.15) is 17.5 Å². The molecule has 7 heteroatoms. The van der Waals surface area contributed by atoms with Crippen LogP contribution >= 0.6 is 0 Å². The molecule has 7 nitrogen and oxygen atoms in total. The van der Waals surface area contributed by atoms with Crippen LogP contribution in [-0.2, 0) is 4.79 Å². The van der Waals surface area contributed by atoms with Crippen LogP contribution in [0.1, 0.15) is 11.6 Å². The summed E-state index contributed by atoms with van der Waals surface area (Å²) in [5, 5.41) is 0. The third-order valence-electron chi connectivity index (χ3n) is 5.44. The smallest absolute Gasteiger partial charge is 0.271 e. The first kappa shape index (κ1) is 21.4. The van der Waals surface area contributed by atoms with Crippen LogP contribution in [0.25, 0.3) is 0 Å². The monoisotopic (exact) mass is 435 g/mol. The summed E-state index contributed by atoms with van der Waals surface area (Å²) in [6.45, 7) is 0. The summed E-state index contributed by atoms with van der Waals surface area (Å²) >= 11 is 0. The van der Waals surface area contributed by atoms with Gasteiger partial charge in [0, 0.05) is 12.1 Å². The third-order valence-corrected chi connectivity index (χ3v) is 5.44. The fourth-order valence-corrected chi connectivity index (χ4v) is 3.84. The van der Waals surface area contributed by atoms with Gasteiger partial charge in [-0.1, -0.05) is 30.3 Å². The number of rotatable bonds is 8. The molecule has 0 N–H and O–H groups in total. The fourth-order valence-electron chi connectivity index (χ4n) is 3.84. The Hall–Kier alpha value is -3.87. The minimum atomic E-state index is -0.676. The summed E-state index contributed by atoms with van der Waals surface area (Å²) in [7, 11) is 6.24. The van der Waals surface area contributed by atoms with Crippen LogP contribution in [-0.4, -0.2) is 40.5 Å². The fraction of sp³-hybridized carbons (Fsp3) is 0.240. The maximum Gasteiger partial charge on any atom is 0.271 e. The average Bonchev–Trinajstić information content (AvgIpc) is 2.85. The Bertz CT molecular complexity index is 1060. The number of anilines is 1.